The number of aryl methyl sites for hydroxylation is 1. The van der Waals surface area contributed by atoms with E-state index in [9.17, 15) is 24.0 Å². The fraction of sp³-hybridized carbons (Fsp3) is 0.194. The number of para-hydroxylation sites is 4. The number of carbonyl (C=O) groups excluding carboxylic acids is 4. The molecule has 0 aliphatic carbocycles. The number of nitrogens with one attached hydrogen (secondary N) is 1. The van der Waals surface area contributed by atoms with Crippen molar-refractivity contribution in [2.45, 2.75) is 32.7 Å². The molecule has 0 saturated heterocycles. The second-order valence-electron chi connectivity index (χ2n) is 11.1. The first-order valence-corrected chi connectivity index (χ1v) is 14.9. The molecule has 0 spiro atoms. The summed E-state index contributed by atoms with van der Waals surface area (Å²) in [6, 6.07) is 30.9. The molecule has 0 radical (unpaired) electrons. The van der Waals surface area contributed by atoms with Gasteiger partial charge in [0.05, 0.1) is 11.4 Å². The van der Waals surface area contributed by atoms with Crippen molar-refractivity contribution in [2.75, 3.05) is 26.6 Å². The molecule has 1 aliphatic rings. The molecule has 0 aromatic heterocycles. The van der Waals surface area contributed by atoms with Crippen LogP contribution in [0.2, 0.25) is 0 Å². The van der Waals surface area contributed by atoms with Crippen LogP contribution in [0.3, 0.4) is 0 Å². The number of amides is 4. The van der Waals surface area contributed by atoms with E-state index in [1.165, 1.54) is 9.80 Å². The van der Waals surface area contributed by atoms with Crippen LogP contribution in [0, 0.1) is 5.92 Å². The van der Waals surface area contributed by atoms with Gasteiger partial charge in [-0.15, -0.1) is 0 Å². The van der Waals surface area contributed by atoms with Crippen LogP contribution in [-0.4, -0.2) is 47.3 Å². The molecule has 1 unspecified atom stereocenters. The van der Waals surface area contributed by atoms with Gasteiger partial charge in [-0.25, -0.2) is 0 Å². The summed E-state index contributed by atoms with van der Waals surface area (Å²) in [7, 11) is 0. The van der Waals surface area contributed by atoms with Crippen molar-refractivity contribution in [3.63, 3.8) is 0 Å². The van der Waals surface area contributed by atoms with Gasteiger partial charge in [-0.3, -0.25) is 33.8 Å². The number of aliphatic carboxylic acids is 1. The van der Waals surface area contributed by atoms with Gasteiger partial charge in [-0.1, -0.05) is 60.7 Å². The summed E-state index contributed by atoms with van der Waals surface area (Å²) in [5.74, 6) is -5.69. The maximum atomic E-state index is 14.4. The lowest BCUT2D eigenvalue weighted by molar-refractivity contribution is -0.139. The van der Waals surface area contributed by atoms with E-state index in [0.29, 0.717) is 34.0 Å². The Labute approximate surface area is 266 Å². The summed E-state index contributed by atoms with van der Waals surface area (Å²) < 4.78 is 0. The van der Waals surface area contributed by atoms with Gasteiger partial charge in [0.25, 0.3) is 5.91 Å². The zero-order valence-electron chi connectivity index (χ0n) is 25.5. The van der Waals surface area contributed by atoms with Crippen molar-refractivity contribution in [3.05, 3.63) is 115 Å². The Morgan fingerprint density at radius 3 is 2.09 bits per heavy atom. The molecule has 4 aromatic rings. The van der Waals surface area contributed by atoms with E-state index in [1.807, 2.05) is 32.0 Å². The minimum absolute atomic E-state index is 0.0966. The molecular weight excluding hydrogens is 584 g/mol. The van der Waals surface area contributed by atoms with Gasteiger partial charge in [0.2, 0.25) is 17.7 Å². The number of fused-ring (bicyclic) bond motifs is 1. The van der Waals surface area contributed by atoms with Crippen LogP contribution in [0.4, 0.5) is 28.4 Å². The molecule has 1 aliphatic heterocycles. The second kappa shape index (κ2) is 13.9. The van der Waals surface area contributed by atoms with E-state index in [1.54, 1.807) is 95.9 Å². The summed E-state index contributed by atoms with van der Waals surface area (Å²) >= 11 is 0. The summed E-state index contributed by atoms with van der Waals surface area (Å²) in [4.78, 5) is 71.9. The maximum absolute atomic E-state index is 14.4. The average molecular weight is 619 g/mol. The van der Waals surface area contributed by atoms with E-state index < -0.39 is 42.1 Å². The lowest BCUT2D eigenvalue weighted by atomic mass is 10.0. The highest BCUT2D eigenvalue weighted by Crippen LogP contribution is 2.39. The first kappa shape index (κ1) is 31.6. The minimum Gasteiger partial charge on any atom is -0.481 e. The number of carboxylic acids is 1. The Hall–Kier alpha value is -5.77. The van der Waals surface area contributed by atoms with E-state index >= 15 is 0 Å². The third-order valence-corrected chi connectivity index (χ3v) is 7.61. The standard InChI is InChI=1S/C36H34N4O6/c1-24(2)39(27-14-5-3-6-15-27)31(41)23-38-29-18-9-10-19-30(29)40(28-16-7-4-8-17-28)36(46)33(35(38)45)34(44)37-26-13-11-12-25(22-26)20-21-32(42)43/h3-19,22,24,33H,20-21,23H2,1-2H3,(H,37,44)(H,42,43). The molecule has 0 fully saturated rings. The smallest absolute Gasteiger partial charge is 0.303 e. The average Bonchev–Trinajstić information content (AvgIpc) is 3.12. The first-order chi connectivity index (χ1) is 22.2. The molecule has 2 N–H and O–H groups in total. The highest BCUT2D eigenvalue weighted by atomic mass is 16.4. The molecule has 1 atom stereocenters. The number of carboxylic acid groups (broad SMARTS) is 1. The first-order valence-electron chi connectivity index (χ1n) is 14.9. The largest absolute Gasteiger partial charge is 0.481 e. The predicted octanol–water partition coefficient (Wildman–Crippen LogP) is 5.41. The topological polar surface area (TPSA) is 127 Å². The van der Waals surface area contributed by atoms with Crippen molar-refractivity contribution in [3.8, 4) is 0 Å². The summed E-state index contributed by atoms with van der Waals surface area (Å²) in [6.07, 6.45) is 0.141. The number of hydrogen-bond donors (Lipinski definition) is 2. The third-order valence-electron chi connectivity index (χ3n) is 7.61. The van der Waals surface area contributed by atoms with Crippen LogP contribution in [-0.2, 0) is 30.4 Å². The number of benzene rings is 4. The molecule has 234 valence electrons. The Kier molecular flexibility index (Phi) is 9.56. The minimum atomic E-state index is -1.84. The van der Waals surface area contributed by atoms with Gasteiger partial charge >= 0.3 is 5.97 Å². The fourth-order valence-electron chi connectivity index (χ4n) is 5.54. The molecule has 10 nitrogen and oxygen atoms in total. The molecular formula is C36H34N4O6. The quantitative estimate of drug-likeness (QED) is 0.229. The van der Waals surface area contributed by atoms with Gasteiger partial charge in [0, 0.05) is 29.5 Å². The van der Waals surface area contributed by atoms with Crippen LogP contribution in [0.15, 0.2) is 109 Å². The van der Waals surface area contributed by atoms with E-state index in [0.717, 1.165) is 0 Å². The molecule has 0 bridgehead atoms. The van der Waals surface area contributed by atoms with E-state index in [2.05, 4.69) is 5.32 Å². The highest BCUT2D eigenvalue weighted by Gasteiger charge is 2.46. The fourth-order valence-corrected chi connectivity index (χ4v) is 5.54. The molecule has 0 saturated carbocycles. The zero-order chi connectivity index (χ0) is 32.8. The van der Waals surface area contributed by atoms with Crippen LogP contribution in [0.1, 0.15) is 25.8 Å². The van der Waals surface area contributed by atoms with Crippen molar-refractivity contribution in [1.82, 2.24) is 0 Å². The molecule has 46 heavy (non-hydrogen) atoms. The molecule has 5 rings (SSSR count). The van der Waals surface area contributed by atoms with Crippen molar-refractivity contribution in [2.24, 2.45) is 5.92 Å². The van der Waals surface area contributed by atoms with Crippen LogP contribution >= 0.6 is 0 Å². The lowest BCUT2D eigenvalue weighted by Gasteiger charge is -2.31. The second-order valence-corrected chi connectivity index (χ2v) is 11.1. The molecule has 10 heteroatoms. The number of rotatable bonds is 10. The Morgan fingerprint density at radius 1 is 0.804 bits per heavy atom. The lowest BCUT2D eigenvalue weighted by Crippen LogP contribution is -2.50. The van der Waals surface area contributed by atoms with Gasteiger partial charge in [-0.2, -0.15) is 0 Å². The zero-order valence-corrected chi connectivity index (χ0v) is 25.5. The van der Waals surface area contributed by atoms with Crippen molar-refractivity contribution >= 4 is 58.0 Å². The summed E-state index contributed by atoms with van der Waals surface area (Å²) in [6.45, 7) is 3.31. The summed E-state index contributed by atoms with van der Waals surface area (Å²) in [5, 5.41) is 11.8. The Morgan fingerprint density at radius 2 is 1.43 bits per heavy atom. The predicted molar refractivity (Wildman–Crippen MR) is 176 cm³/mol. The van der Waals surface area contributed by atoms with Crippen molar-refractivity contribution < 1.29 is 29.1 Å². The Bertz CT molecular complexity index is 1760. The number of nitrogens with zero attached hydrogens (tertiary/aromatic N) is 3. The van der Waals surface area contributed by atoms with Crippen LogP contribution < -0.4 is 20.0 Å². The van der Waals surface area contributed by atoms with Gasteiger partial charge in [0.1, 0.15) is 6.54 Å². The molecule has 4 amide bonds. The molecule has 4 aromatic carbocycles. The number of anilines is 5. The van der Waals surface area contributed by atoms with Crippen LogP contribution in [0.25, 0.3) is 0 Å². The molecule has 1 heterocycles. The number of hydrogen-bond acceptors (Lipinski definition) is 5. The van der Waals surface area contributed by atoms with E-state index in [-0.39, 0.29) is 18.9 Å². The van der Waals surface area contributed by atoms with Crippen molar-refractivity contribution in [1.29, 1.82) is 0 Å². The van der Waals surface area contributed by atoms with E-state index in [4.69, 9.17) is 5.11 Å². The third kappa shape index (κ3) is 6.81. The van der Waals surface area contributed by atoms with Gasteiger partial charge in [-0.05, 0) is 74.4 Å². The number of carbonyl (C=O) groups is 5. The summed E-state index contributed by atoms with van der Waals surface area (Å²) in [5.41, 5.74) is 2.72. The van der Waals surface area contributed by atoms with Gasteiger partial charge in [0.15, 0.2) is 5.92 Å². The Balaban J connectivity index is 1.56. The monoisotopic (exact) mass is 618 g/mol. The highest BCUT2D eigenvalue weighted by molar-refractivity contribution is 6.31. The van der Waals surface area contributed by atoms with Gasteiger partial charge < -0.3 is 15.3 Å². The SMILES string of the molecule is CC(C)N(C(=O)CN1C(=O)C(C(=O)Nc2cccc(CCC(=O)O)c2)C(=O)N(c2ccccc2)c2ccccc21)c1ccccc1. The maximum Gasteiger partial charge on any atom is 0.303 e. The van der Waals surface area contributed by atoms with Crippen LogP contribution in [0.5, 0.6) is 0 Å². The normalized spacial score (nSPS) is 14.5.